The number of aromatic nitrogens is 5. The SMILES string of the molecule is COc1cc(-c2cnc(C)n2C)ccc1Nc1cc2c(cn1)CC(c1cnn(C)c1)=[N+]2C(=O)OC(C)(C)C. The van der Waals surface area contributed by atoms with E-state index in [2.05, 4.69) is 20.4 Å². The van der Waals surface area contributed by atoms with Crippen molar-refractivity contribution in [2.45, 2.75) is 39.7 Å². The fraction of sp³-hybridized carbons (Fsp3) is 0.321. The molecule has 196 valence electrons. The van der Waals surface area contributed by atoms with E-state index in [4.69, 9.17) is 9.47 Å². The van der Waals surface area contributed by atoms with Crippen molar-refractivity contribution in [3.05, 3.63) is 66.0 Å². The third-order valence-electron chi connectivity index (χ3n) is 6.43. The van der Waals surface area contributed by atoms with Gasteiger partial charge in [-0.3, -0.25) is 4.68 Å². The summed E-state index contributed by atoms with van der Waals surface area (Å²) in [5.74, 6) is 2.17. The summed E-state index contributed by atoms with van der Waals surface area (Å²) in [6.45, 7) is 7.53. The molecule has 0 spiro atoms. The van der Waals surface area contributed by atoms with Crippen LogP contribution in [-0.2, 0) is 25.3 Å². The Kier molecular flexibility index (Phi) is 6.26. The molecule has 38 heavy (non-hydrogen) atoms. The lowest BCUT2D eigenvalue weighted by atomic mass is 10.1. The van der Waals surface area contributed by atoms with Crippen molar-refractivity contribution in [1.29, 1.82) is 0 Å². The van der Waals surface area contributed by atoms with Crippen molar-refractivity contribution in [2.24, 2.45) is 14.1 Å². The van der Waals surface area contributed by atoms with Crippen LogP contribution in [-0.4, -0.2) is 53.4 Å². The van der Waals surface area contributed by atoms with Gasteiger partial charge >= 0.3 is 6.09 Å². The number of fused-ring (bicyclic) bond motifs is 1. The molecule has 1 N–H and O–H groups in total. The molecule has 1 aliphatic rings. The molecule has 1 amide bonds. The normalized spacial score (nSPS) is 13.0. The molecule has 4 aromatic rings. The molecule has 0 unspecified atom stereocenters. The Morgan fingerprint density at radius 1 is 1.08 bits per heavy atom. The van der Waals surface area contributed by atoms with Crippen molar-refractivity contribution in [3.8, 4) is 17.0 Å². The van der Waals surface area contributed by atoms with Crippen molar-refractivity contribution in [2.75, 3.05) is 12.4 Å². The van der Waals surface area contributed by atoms with Crippen LogP contribution in [0.25, 0.3) is 11.3 Å². The van der Waals surface area contributed by atoms with Crippen LogP contribution >= 0.6 is 0 Å². The first-order valence-electron chi connectivity index (χ1n) is 12.3. The summed E-state index contributed by atoms with van der Waals surface area (Å²) in [5, 5.41) is 7.65. The maximum Gasteiger partial charge on any atom is 0.603 e. The summed E-state index contributed by atoms with van der Waals surface area (Å²) >= 11 is 0. The standard InChI is InChI=1S/C28H32N7O3/c1-17-29-15-24(34(17)6)18-8-9-21(25(11-18)37-7)32-26-12-23-19(13-30-26)10-22(20-14-31-33(5)16-20)35(23)27(36)38-28(2,3)4/h8-9,11-16H,10H2,1-7H3,(H,30,32)/q+1. The minimum atomic E-state index is -0.643. The lowest BCUT2D eigenvalue weighted by Crippen LogP contribution is -2.30. The van der Waals surface area contributed by atoms with Crippen LogP contribution in [0.3, 0.4) is 0 Å². The molecule has 10 nitrogen and oxygen atoms in total. The number of benzene rings is 1. The summed E-state index contributed by atoms with van der Waals surface area (Å²) in [7, 11) is 5.47. The summed E-state index contributed by atoms with van der Waals surface area (Å²) in [6, 6.07) is 7.79. The van der Waals surface area contributed by atoms with Gasteiger partial charge in [-0.25, -0.2) is 9.97 Å². The molecule has 3 aromatic heterocycles. The van der Waals surface area contributed by atoms with Gasteiger partial charge < -0.3 is 19.4 Å². The Labute approximate surface area is 221 Å². The molecule has 1 aliphatic heterocycles. The Bertz CT molecular complexity index is 1570. The molecule has 1 aromatic carbocycles. The Hall–Kier alpha value is -4.47. The van der Waals surface area contributed by atoms with Gasteiger partial charge in [0.05, 0.1) is 54.5 Å². The second-order valence-electron chi connectivity index (χ2n) is 10.3. The van der Waals surface area contributed by atoms with Gasteiger partial charge in [0.25, 0.3) is 0 Å². The number of carbonyl (C=O) groups excluding carboxylic acids is 1. The minimum absolute atomic E-state index is 0.444. The van der Waals surface area contributed by atoms with Crippen LogP contribution in [0.4, 0.5) is 22.0 Å². The van der Waals surface area contributed by atoms with Gasteiger partial charge in [0.1, 0.15) is 23.0 Å². The molecule has 0 bridgehead atoms. The average Bonchev–Trinajstić information content (AvgIpc) is 3.55. The van der Waals surface area contributed by atoms with E-state index in [9.17, 15) is 4.79 Å². The van der Waals surface area contributed by atoms with Gasteiger partial charge in [-0.05, 0) is 39.8 Å². The summed E-state index contributed by atoms with van der Waals surface area (Å²) in [5.41, 5.74) is 5.39. The second-order valence-corrected chi connectivity index (χ2v) is 10.3. The highest BCUT2D eigenvalue weighted by Gasteiger charge is 2.40. The number of ether oxygens (including phenoxy) is 2. The zero-order valence-electron chi connectivity index (χ0n) is 22.7. The highest BCUT2D eigenvalue weighted by molar-refractivity contribution is 6.03. The number of nitrogens with one attached hydrogen (secondary N) is 1. The van der Waals surface area contributed by atoms with Gasteiger partial charge in [-0.2, -0.15) is 9.89 Å². The number of carbonyl (C=O) groups is 1. The Balaban J connectivity index is 1.51. The molecule has 0 radical (unpaired) electrons. The molecule has 0 aliphatic carbocycles. The van der Waals surface area contributed by atoms with Crippen LogP contribution in [0.2, 0.25) is 0 Å². The van der Waals surface area contributed by atoms with Crippen molar-refractivity contribution in [1.82, 2.24) is 24.3 Å². The number of imidazole rings is 1. The topological polar surface area (TPSA) is 99.1 Å². The van der Waals surface area contributed by atoms with Crippen LogP contribution in [0.1, 0.15) is 37.7 Å². The fourth-order valence-electron chi connectivity index (χ4n) is 4.47. The van der Waals surface area contributed by atoms with Crippen LogP contribution in [0.5, 0.6) is 5.75 Å². The highest BCUT2D eigenvalue weighted by Crippen LogP contribution is 2.35. The second kappa shape index (κ2) is 9.44. The van der Waals surface area contributed by atoms with E-state index in [-0.39, 0.29) is 0 Å². The van der Waals surface area contributed by atoms with E-state index in [1.165, 1.54) is 0 Å². The molecular weight excluding hydrogens is 482 g/mol. The first-order chi connectivity index (χ1) is 18.0. The largest absolute Gasteiger partial charge is 0.603 e. The number of anilines is 2. The number of aryl methyl sites for hydroxylation is 2. The van der Waals surface area contributed by atoms with E-state index in [1.54, 1.807) is 28.8 Å². The van der Waals surface area contributed by atoms with Crippen LogP contribution in [0.15, 0.2) is 49.1 Å². The quantitative estimate of drug-likeness (QED) is 0.378. The minimum Gasteiger partial charge on any atom is -0.495 e. The molecule has 10 heteroatoms. The number of hydrogen-bond acceptors (Lipinski definition) is 7. The van der Waals surface area contributed by atoms with Gasteiger partial charge in [0, 0.05) is 32.1 Å². The number of rotatable bonds is 5. The number of nitrogens with zero attached hydrogens (tertiary/aromatic N) is 6. The first-order valence-corrected chi connectivity index (χ1v) is 12.3. The molecule has 5 rings (SSSR count). The predicted molar refractivity (Wildman–Crippen MR) is 145 cm³/mol. The van der Waals surface area contributed by atoms with Gasteiger partial charge in [-0.15, -0.1) is 0 Å². The maximum absolute atomic E-state index is 13.4. The zero-order chi connectivity index (χ0) is 27.2. The van der Waals surface area contributed by atoms with Gasteiger partial charge in [0.15, 0.2) is 0 Å². The van der Waals surface area contributed by atoms with Gasteiger partial charge in [0.2, 0.25) is 11.4 Å². The first kappa shape index (κ1) is 25.2. The fourth-order valence-corrected chi connectivity index (χ4v) is 4.47. The van der Waals surface area contributed by atoms with E-state index in [0.29, 0.717) is 18.0 Å². The van der Waals surface area contributed by atoms with E-state index in [1.807, 2.05) is 83.0 Å². The number of methoxy groups -OCH3 is 1. The van der Waals surface area contributed by atoms with Crippen LogP contribution in [0, 0.1) is 6.92 Å². The number of pyridine rings is 1. The highest BCUT2D eigenvalue weighted by atomic mass is 16.6. The number of hydrogen-bond donors (Lipinski definition) is 1. The predicted octanol–water partition coefficient (Wildman–Crippen LogP) is 4.90. The van der Waals surface area contributed by atoms with E-state index < -0.39 is 11.7 Å². The summed E-state index contributed by atoms with van der Waals surface area (Å²) < 4.78 is 16.8. The summed E-state index contributed by atoms with van der Waals surface area (Å²) in [4.78, 5) is 22.4. The molecule has 0 saturated carbocycles. The Morgan fingerprint density at radius 3 is 2.50 bits per heavy atom. The smallest absolute Gasteiger partial charge is 0.495 e. The average molecular weight is 515 g/mol. The summed E-state index contributed by atoms with van der Waals surface area (Å²) in [6.07, 6.45) is 7.37. The van der Waals surface area contributed by atoms with Gasteiger partial charge in [-0.1, -0.05) is 10.6 Å². The third kappa shape index (κ3) is 4.77. The van der Waals surface area contributed by atoms with E-state index in [0.717, 1.165) is 45.3 Å². The molecular formula is C28H32N7O3+. The molecule has 0 atom stereocenters. The maximum atomic E-state index is 13.4. The zero-order valence-corrected chi connectivity index (χ0v) is 22.7. The van der Waals surface area contributed by atoms with Crippen molar-refractivity contribution < 1.29 is 18.8 Å². The molecule has 0 saturated heterocycles. The molecule has 0 fully saturated rings. The van der Waals surface area contributed by atoms with Crippen molar-refractivity contribution >= 4 is 29.0 Å². The third-order valence-corrected chi connectivity index (χ3v) is 6.43. The van der Waals surface area contributed by atoms with E-state index >= 15 is 0 Å². The lowest BCUT2D eigenvalue weighted by molar-refractivity contribution is -0.360. The number of amides is 1. The lowest BCUT2D eigenvalue weighted by Gasteiger charge is -2.16. The van der Waals surface area contributed by atoms with Crippen molar-refractivity contribution in [3.63, 3.8) is 0 Å². The monoisotopic (exact) mass is 514 g/mol. The van der Waals surface area contributed by atoms with Crippen LogP contribution < -0.4 is 10.1 Å². The Morgan fingerprint density at radius 2 is 1.87 bits per heavy atom. The molecule has 4 heterocycles.